The van der Waals surface area contributed by atoms with Crippen LogP contribution in [0.25, 0.3) is 0 Å². The van der Waals surface area contributed by atoms with Gasteiger partial charge in [-0.3, -0.25) is 0 Å². The van der Waals surface area contributed by atoms with Gasteiger partial charge in [0.15, 0.2) is 5.82 Å². The van der Waals surface area contributed by atoms with E-state index in [1.54, 1.807) is 0 Å². The van der Waals surface area contributed by atoms with E-state index in [-0.39, 0.29) is 23.6 Å². The normalized spacial score (nSPS) is 19.7. The van der Waals surface area contributed by atoms with Crippen LogP contribution < -0.4 is 5.32 Å². The summed E-state index contributed by atoms with van der Waals surface area (Å²) in [5, 5.41) is 7.47. The Morgan fingerprint density at radius 2 is 2.04 bits per heavy atom. The topological polar surface area (TPSA) is 80.5 Å². The second-order valence-electron chi connectivity index (χ2n) is 9.25. The van der Waals surface area contributed by atoms with E-state index in [0.717, 1.165) is 25.8 Å². The van der Waals surface area contributed by atoms with E-state index >= 15 is 0 Å². The molecule has 2 rings (SSSR count). The molecule has 1 aromatic rings. The van der Waals surface area contributed by atoms with Gasteiger partial charge in [0.05, 0.1) is 6.54 Å². The highest BCUT2D eigenvalue weighted by molar-refractivity contribution is 5.68. The molecule has 0 aliphatic carbocycles. The number of likely N-dealkylation sites (tertiary alicyclic amines) is 1. The fraction of sp³-hybridized carbons (Fsp3) is 0.842. The summed E-state index contributed by atoms with van der Waals surface area (Å²) in [6.45, 7) is 15.3. The van der Waals surface area contributed by atoms with Crippen LogP contribution in [0.2, 0.25) is 0 Å². The third-order valence-corrected chi connectivity index (χ3v) is 4.35. The highest BCUT2D eigenvalue weighted by atomic mass is 16.6. The van der Waals surface area contributed by atoms with Crippen molar-refractivity contribution in [3.05, 3.63) is 11.7 Å². The van der Waals surface area contributed by atoms with Crippen LogP contribution in [0.3, 0.4) is 0 Å². The van der Waals surface area contributed by atoms with Crippen LogP contribution in [0.4, 0.5) is 4.79 Å². The Morgan fingerprint density at radius 1 is 1.35 bits per heavy atom. The van der Waals surface area contributed by atoms with Crippen molar-refractivity contribution in [2.75, 3.05) is 6.54 Å². The number of nitrogens with one attached hydrogen (secondary N) is 1. The zero-order valence-corrected chi connectivity index (χ0v) is 17.3. The summed E-state index contributed by atoms with van der Waals surface area (Å²) in [5.74, 6) is 1.31. The molecule has 1 N–H and O–H groups in total. The minimum absolute atomic E-state index is 0.144. The number of amides is 1. The molecule has 1 fully saturated rings. The van der Waals surface area contributed by atoms with Gasteiger partial charge in [-0.05, 0) is 47.0 Å². The Bertz CT molecular complexity index is 601. The van der Waals surface area contributed by atoms with E-state index in [9.17, 15) is 4.79 Å². The molecule has 1 aliphatic rings. The van der Waals surface area contributed by atoms with Crippen molar-refractivity contribution in [2.45, 2.75) is 97.4 Å². The lowest BCUT2D eigenvalue weighted by Gasteiger charge is -2.30. The maximum Gasteiger partial charge on any atom is 0.410 e. The Balaban J connectivity index is 1.84. The summed E-state index contributed by atoms with van der Waals surface area (Å²) in [4.78, 5) is 18.7. The third kappa shape index (κ3) is 5.97. The van der Waals surface area contributed by atoms with Gasteiger partial charge in [-0.1, -0.05) is 25.9 Å². The van der Waals surface area contributed by atoms with E-state index in [0.29, 0.717) is 18.3 Å². The molecule has 148 valence electrons. The van der Waals surface area contributed by atoms with E-state index < -0.39 is 5.60 Å². The summed E-state index contributed by atoms with van der Waals surface area (Å²) in [5.41, 5.74) is -0.605. The van der Waals surface area contributed by atoms with Crippen molar-refractivity contribution in [2.24, 2.45) is 0 Å². The molecule has 1 aliphatic heterocycles. The molecule has 7 nitrogen and oxygen atoms in total. The zero-order valence-electron chi connectivity index (χ0n) is 17.3. The second kappa shape index (κ2) is 7.94. The number of carbonyl (C=O) groups excluding carboxylic acids is 1. The van der Waals surface area contributed by atoms with Crippen LogP contribution in [-0.2, 0) is 16.7 Å². The van der Waals surface area contributed by atoms with Crippen LogP contribution in [0.15, 0.2) is 4.52 Å². The minimum atomic E-state index is -0.461. The molecule has 0 radical (unpaired) electrons. The van der Waals surface area contributed by atoms with E-state index in [1.807, 2.05) is 46.4 Å². The molecule has 1 amide bonds. The van der Waals surface area contributed by atoms with Gasteiger partial charge in [0, 0.05) is 24.0 Å². The van der Waals surface area contributed by atoms with Crippen molar-refractivity contribution in [1.29, 1.82) is 0 Å². The molecule has 7 heteroatoms. The predicted octanol–water partition coefficient (Wildman–Crippen LogP) is 3.63. The van der Waals surface area contributed by atoms with Crippen molar-refractivity contribution < 1.29 is 14.1 Å². The van der Waals surface area contributed by atoms with Crippen LogP contribution in [0, 0.1) is 0 Å². The Labute approximate surface area is 156 Å². The number of hydrogen-bond donors (Lipinski definition) is 1. The maximum atomic E-state index is 12.4. The lowest BCUT2D eigenvalue weighted by Crippen LogP contribution is -2.42. The van der Waals surface area contributed by atoms with Gasteiger partial charge in [-0.2, -0.15) is 4.98 Å². The lowest BCUT2D eigenvalue weighted by molar-refractivity contribution is 0.0214. The number of aromatic nitrogens is 2. The van der Waals surface area contributed by atoms with Gasteiger partial charge in [0.2, 0.25) is 5.89 Å². The summed E-state index contributed by atoms with van der Waals surface area (Å²) in [6.07, 6.45) is 2.71. The average molecular weight is 367 g/mol. The first-order valence-corrected chi connectivity index (χ1v) is 9.52. The first-order valence-electron chi connectivity index (χ1n) is 9.52. The molecule has 2 atom stereocenters. The predicted molar refractivity (Wildman–Crippen MR) is 99.9 cm³/mol. The zero-order chi connectivity index (χ0) is 19.5. The lowest BCUT2D eigenvalue weighted by atomic mass is 9.97. The van der Waals surface area contributed by atoms with Crippen molar-refractivity contribution in [1.82, 2.24) is 20.4 Å². The van der Waals surface area contributed by atoms with E-state index in [4.69, 9.17) is 9.26 Å². The fourth-order valence-electron chi connectivity index (χ4n) is 3.03. The second-order valence-corrected chi connectivity index (χ2v) is 9.25. The van der Waals surface area contributed by atoms with Crippen LogP contribution in [0.1, 0.15) is 79.4 Å². The van der Waals surface area contributed by atoms with E-state index in [2.05, 4.69) is 22.4 Å². The average Bonchev–Trinajstić information content (AvgIpc) is 3.11. The monoisotopic (exact) mass is 366 g/mol. The molecule has 2 heterocycles. The van der Waals surface area contributed by atoms with Gasteiger partial charge < -0.3 is 19.5 Å². The Morgan fingerprint density at radius 3 is 2.62 bits per heavy atom. The quantitative estimate of drug-likeness (QED) is 0.857. The first-order chi connectivity index (χ1) is 12.0. The van der Waals surface area contributed by atoms with Crippen molar-refractivity contribution >= 4 is 6.09 Å². The largest absolute Gasteiger partial charge is 0.444 e. The van der Waals surface area contributed by atoms with Gasteiger partial charge in [-0.15, -0.1) is 0 Å². The first kappa shape index (κ1) is 20.7. The number of hydrogen-bond acceptors (Lipinski definition) is 6. The fourth-order valence-corrected chi connectivity index (χ4v) is 3.03. The third-order valence-electron chi connectivity index (χ3n) is 4.35. The molecule has 0 bridgehead atoms. The Kier molecular flexibility index (Phi) is 6.32. The highest BCUT2D eigenvalue weighted by Gasteiger charge is 2.33. The Hall–Kier alpha value is -1.63. The smallest absolute Gasteiger partial charge is 0.410 e. The van der Waals surface area contributed by atoms with Crippen molar-refractivity contribution in [3.63, 3.8) is 0 Å². The molecule has 0 aromatic carbocycles. The molecule has 26 heavy (non-hydrogen) atoms. The number of rotatable bonds is 5. The van der Waals surface area contributed by atoms with Gasteiger partial charge in [-0.25, -0.2) is 4.79 Å². The van der Waals surface area contributed by atoms with Gasteiger partial charge in [0.1, 0.15) is 5.60 Å². The van der Waals surface area contributed by atoms with Gasteiger partial charge in [0.25, 0.3) is 0 Å². The molecule has 0 saturated carbocycles. The van der Waals surface area contributed by atoms with Crippen LogP contribution in [0.5, 0.6) is 0 Å². The standard InChI is InChI=1S/C19H34N4O3/c1-13(20-12-15-21-16(26-22-15)18(2,3)4)11-14-9-8-10-23(14)17(24)25-19(5,6)7/h13-14,20H,8-12H2,1-7H3/t13-,14+/m0/s1. The number of ether oxygens (including phenoxy) is 1. The van der Waals surface area contributed by atoms with Crippen LogP contribution >= 0.6 is 0 Å². The molecule has 1 aromatic heterocycles. The molecule has 0 spiro atoms. The van der Waals surface area contributed by atoms with Gasteiger partial charge >= 0.3 is 6.09 Å². The van der Waals surface area contributed by atoms with E-state index in [1.165, 1.54) is 0 Å². The summed E-state index contributed by atoms with van der Waals surface area (Å²) in [6, 6.07) is 0.447. The SMILES string of the molecule is C[C@@H](C[C@H]1CCCN1C(=O)OC(C)(C)C)NCc1noc(C(C)(C)C)n1. The summed E-state index contributed by atoms with van der Waals surface area (Å²) >= 11 is 0. The summed E-state index contributed by atoms with van der Waals surface area (Å²) in [7, 11) is 0. The minimum Gasteiger partial charge on any atom is -0.444 e. The van der Waals surface area contributed by atoms with Crippen molar-refractivity contribution in [3.8, 4) is 0 Å². The molecular formula is C19H34N4O3. The molecular weight excluding hydrogens is 332 g/mol. The number of nitrogens with zero attached hydrogens (tertiary/aromatic N) is 3. The summed E-state index contributed by atoms with van der Waals surface area (Å²) < 4.78 is 10.9. The molecule has 1 saturated heterocycles. The highest BCUT2D eigenvalue weighted by Crippen LogP contribution is 2.24. The van der Waals surface area contributed by atoms with Crippen LogP contribution in [-0.4, -0.2) is 45.4 Å². The number of carbonyl (C=O) groups is 1. The maximum absolute atomic E-state index is 12.4. The molecule has 0 unspecified atom stereocenters.